The van der Waals surface area contributed by atoms with Crippen LogP contribution in [0.2, 0.25) is 0 Å². The Bertz CT molecular complexity index is 242. The van der Waals surface area contributed by atoms with Crippen LogP contribution in [0.1, 0.15) is 13.8 Å². The third kappa shape index (κ3) is 14.5. The zero-order chi connectivity index (χ0) is 14.4. The molecule has 7 nitrogen and oxygen atoms in total. The predicted molar refractivity (Wildman–Crippen MR) is 64.3 cm³/mol. The van der Waals surface area contributed by atoms with Crippen molar-refractivity contribution in [3.05, 3.63) is 0 Å². The maximum atomic E-state index is 10.9. The van der Waals surface area contributed by atoms with Crippen LogP contribution < -0.4 is 0 Å². The summed E-state index contributed by atoms with van der Waals surface area (Å²) in [5, 5.41) is 8.44. The van der Waals surface area contributed by atoms with E-state index in [1.807, 2.05) is 6.92 Å². The third-order valence-electron chi connectivity index (χ3n) is 1.64. The molecule has 0 rings (SSSR count). The molecule has 0 bridgehead atoms. The van der Waals surface area contributed by atoms with Gasteiger partial charge >= 0.3 is 11.9 Å². The molecule has 0 fully saturated rings. The smallest absolute Gasteiger partial charge is 0.320 e. The first-order valence-electron chi connectivity index (χ1n) is 5.54. The Morgan fingerprint density at radius 1 is 1.22 bits per heavy atom. The average Bonchev–Trinajstić information content (AvgIpc) is 2.29. The molecule has 0 aliphatic carbocycles. The Labute approximate surface area is 107 Å². The second-order valence-corrected chi connectivity index (χ2v) is 3.11. The van der Waals surface area contributed by atoms with E-state index in [-0.39, 0.29) is 26.2 Å². The van der Waals surface area contributed by atoms with Crippen LogP contribution in [-0.2, 0) is 23.9 Å². The number of aliphatic carboxylic acids is 1. The van der Waals surface area contributed by atoms with Gasteiger partial charge in [0.1, 0.15) is 6.29 Å². The van der Waals surface area contributed by atoms with E-state index < -0.39 is 11.9 Å². The summed E-state index contributed by atoms with van der Waals surface area (Å²) in [6.07, 6.45) is 0.544. The quantitative estimate of drug-likeness (QED) is 0.478. The van der Waals surface area contributed by atoms with Gasteiger partial charge in [-0.25, -0.2) is 0 Å². The summed E-state index contributed by atoms with van der Waals surface area (Å²) in [5.41, 5.74) is 0. The fraction of sp³-hybridized carbons (Fsp3) is 0.727. The van der Waals surface area contributed by atoms with Gasteiger partial charge in [0.2, 0.25) is 0 Å². The van der Waals surface area contributed by atoms with E-state index >= 15 is 0 Å². The molecule has 0 unspecified atom stereocenters. The van der Waals surface area contributed by atoms with Crippen LogP contribution in [0, 0.1) is 0 Å². The van der Waals surface area contributed by atoms with E-state index in [1.165, 1.54) is 4.90 Å². The second kappa shape index (κ2) is 13.6. The van der Waals surface area contributed by atoms with E-state index in [4.69, 9.17) is 5.11 Å². The standard InChI is InChI=1S/C8H13NO5.C3H8O/c1-2-14-8(13)6-9(3-4-10)5-7(11)12;1-3-4-2/h4H,2-3,5-6H2,1H3,(H,11,12);3H2,1-2H3. The van der Waals surface area contributed by atoms with Crippen LogP contribution >= 0.6 is 0 Å². The van der Waals surface area contributed by atoms with E-state index in [2.05, 4.69) is 9.47 Å². The van der Waals surface area contributed by atoms with Crippen molar-refractivity contribution in [2.75, 3.05) is 40.0 Å². The van der Waals surface area contributed by atoms with Gasteiger partial charge in [-0.15, -0.1) is 0 Å². The molecule has 0 atom stereocenters. The van der Waals surface area contributed by atoms with Crippen molar-refractivity contribution in [1.82, 2.24) is 4.90 Å². The molecule has 7 heteroatoms. The van der Waals surface area contributed by atoms with Crippen LogP contribution in [-0.4, -0.2) is 68.2 Å². The molecule has 0 aliphatic rings. The maximum Gasteiger partial charge on any atom is 0.320 e. The van der Waals surface area contributed by atoms with Crippen LogP contribution in [0.3, 0.4) is 0 Å². The first kappa shape index (κ1) is 18.9. The van der Waals surface area contributed by atoms with Crippen LogP contribution in [0.25, 0.3) is 0 Å². The van der Waals surface area contributed by atoms with Gasteiger partial charge in [0.15, 0.2) is 0 Å². The first-order valence-corrected chi connectivity index (χ1v) is 5.54. The van der Waals surface area contributed by atoms with Crippen molar-refractivity contribution in [3.8, 4) is 0 Å². The molecule has 0 saturated carbocycles. The molecule has 0 spiro atoms. The summed E-state index contributed by atoms with van der Waals surface area (Å²) < 4.78 is 9.15. The van der Waals surface area contributed by atoms with Crippen molar-refractivity contribution in [1.29, 1.82) is 0 Å². The lowest BCUT2D eigenvalue weighted by molar-refractivity contribution is -0.146. The number of rotatable bonds is 8. The highest BCUT2D eigenvalue weighted by Gasteiger charge is 2.13. The minimum absolute atomic E-state index is 0.0921. The largest absolute Gasteiger partial charge is 0.480 e. The summed E-state index contributed by atoms with van der Waals surface area (Å²) in [6, 6.07) is 0. The fourth-order valence-corrected chi connectivity index (χ4v) is 0.871. The van der Waals surface area contributed by atoms with Crippen molar-refractivity contribution >= 4 is 18.2 Å². The molecule has 0 radical (unpaired) electrons. The van der Waals surface area contributed by atoms with Crippen LogP contribution in [0.5, 0.6) is 0 Å². The number of methoxy groups -OCH3 is 1. The number of nitrogens with zero attached hydrogens (tertiary/aromatic N) is 1. The highest BCUT2D eigenvalue weighted by molar-refractivity contribution is 5.74. The summed E-state index contributed by atoms with van der Waals surface area (Å²) in [5.74, 6) is -1.62. The SMILES string of the molecule is CCOC.CCOC(=O)CN(CC=O)CC(=O)O. The number of esters is 1. The summed E-state index contributed by atoms with van der Waals surface area (Å²) in [4.78, 5) is 32.6. The first-order chi connectivity index (χ1) is 8.51. The second-order valence-electron chi connectivity index (χ2n) is 3.11. The van der Waals surface area contributed by atoms with Gasteiger partial charge in [-0.05, 0) is 13.8 Å². The van der Waals surface area contributed by atoms with Crippen molar-refractivity contribution in [2.24, 2.45) is 0 Å². The van der Waals surface area contributed by atoms with Gasteiger partial charge in [-0.3, -0.25) is 14.5 Å². The summed E-state index contributed by atoms with van der Waals surface area (Å²) >= 11 is 0. The highest BCUT2D eigenvalue weighted by atomic mass is 16.5. The molecule has 0 aliphatic heterocycles. The van der Waals surface area contributed by atoms with Gasteiger partial charge in [0.05, 0.1) is 26.2 Å². The Hall–Kier alpha value is -1.47. The van der Waals surface area contributed by atoms with E-state index in [0.717, 1.165) is 6.61 Å². The van der Waals surface area contributed by atoms with Crippen molar-refractivity contribution in [3.63, 3.8) is 0 Å². The Balaban J connectivity index is 0. The third-order valence-corrected chi connectivity index (χ3v) is 1.64. The van der Waals surface area contributed by atoms with Gasteiger partial charge in [-0.2, -0.15) is 0 Å². The summed E-state index contributed by atoms with van der Waals surface area (Å²) in [6.45, 7) is 4.04. The molecule has 0 heterocycles. The lowest BCUT2D eigenvalue weighted by atomic mass is 10.4. The number of hydrogen-bond acceptors (Lipinski definition) is 6. The van der Waals surface area contributed by atoms with E-state index in [0.29, 0.717) is 6.29 Å². The molecule has 0 aromatic heterocycles. The zero-order valence-electron chi connectivity index (χ0n) is 11.0. The molecular formula is C11H21NO6. The number of carbonyl (C=O) groups excluding carboxylic acids is 2. The molecule has 0 saturated heterocycles. The minimum Gasteiger partial charge on any atom is -0.480 e. The van der Waals surface area contributed by atoms with Crippen LogP contribution in [0.4, 0.5) is 0 Å². The van der Waals surface area contributed by atoms with Crippen molar-refractivity contribution < 1.29 is 29.0 Å². The number of carboxylic acid groups (broad SMARTS) is 1. The molecule has 1 N–H and O–H groups in total. The van der Waals surface area contributed by atoms with E-state index in [1.54, 1.807) is 14.0 Å². The maximum absolute atomic E-state index is 10.9. The number of hydrogen-bond donors (Lipinski definition) is 1. The van der Waals surface area contributed by atoms with Crippen LogP contribution in [0.15, 0.2) is 0 Å². The number of carboxylic acids is 1. The van der Waals surface area contributed by atoms with Gasteiger partial charge in [0, 0.05) is 13.7 Å². The number of ether oxygens (including phenoxy) is 2. The fourth-order valence-electron chi connectivity index (χ4n) is 0.871. The van der Waals surface area contributed by atoms with Crippen molar-refractivity contribution in [2.45, 2.75) is 13.8 Å². The average molecular weight is 263 g/mol. The Morgan fingerprint density at radius 2 is 1.78 bits per heavy atom. The number of aldehydes is 1. The lowest BCUT2D eigenvalue weighted by Crippen LogP contribution is -2.36. The number of carbonyl (C=O) groups is 3. The molecule has 0 amide bonds. The zero-order valence-corrected chi connectivity index (χ0v) is 11.0. The molecule has 0 aromatic rings. The van der Waals surface area contributed by atoms with Gasteiger partial charge in [0.25, 0.3) is 0 Å². The topological polar surface area (TPSA) is 93.1 Å². The normalized spacial score (nSPS) is 9.33. The Kier molecular flexibility index (Phi) is 14.3. The molecular weight excluding hydrogens is 242 g/mol. The van der Waals surface area contributed by atoms with E-state index in [9.17, 15) is 14.4 Å². The molecule has 18 heavy (non-hydrogen) atoms. The molecule has 0 aromatic carbocycles. The lowest BCUT2D eigenvalue weighted by Gasteiger charge is -2.15. The monoisotopic (exact) mass is 263 g/mol. The predicted octanol–water partition coefficient (Wildman–Crippen LogP) is -0.212. The highest BCUT2D eigenvalue weighted by Crippen LogP contribution is 1.89. The van der Waals surface area contributed by atoms with Gasteiger partial charge in [-0.1, -0.05) is 0 Å². The Morgan fingerprint density at radius 3 is 2.11 bits per heavy atom. The molecule has 106 valence electrons. The minimum atomic E-state index is -1.09. The summed E-state index contributed by atoms with van der Waals surface area (Å²) in [7, 11) is 1.68. The van der Waals surface area contributed by atoms with Gasteiger partial charge < -0.3 is 19.4 Å².